The van der Waals surface area contributed by atoms with Crippen molar-refractivity contribution in [2.75, 3.05) is 0 Å². The first-order chi connectivity index (χ1) is 7.90. The number of urea groups is 1. The lowest BCUT2D eigenvalue weighted by molar-refractivity contribution is -0.138. The molecule has 17 heavy (non-hydrogen) atoms. The number of carbonyl (C=O) groups is 2. The third-order valence-corrected chi connectivity index (χ3v) is 3.65. The summed E-state index contributed by atoms with van der Waals surface area (Å²) in [6.07, 6.45) is 3.05. The average Bonchev–Trinajstić information content (AvgIpc) is 2.23. The molecule has 4 atom stereocenters. The third-order valence-electron chi connectivity index (χ3n) is 3.65. The van der Waals surface area contributed by atoms with Gasteiger partial charge in [0.05, 0.1) is 0 Å². The minimum Gasteiger partial charge on any atom is -0.480 e. The lowest BCUT2D eigenvalue weighted by Crippen LogP contribution is -2.49. The van der Waals surface area contributed by atoms with Crippen LogP contribution in [0.4, 0.5) is 4.79 Å². The highest BCUT2D eigenvalue weighted by atomic mass is 16.4. The second-order valence-corrected chi connectivity index (χ2v) is 5.14. The summed E-state index contributed by atoms with van der Waals surface area (Å²) < 4.78 is 0. The molecule has 1 aliphatic carbocycles. The molecule has 98 valence electrons. The van der Waals surface area contributed by atoms with E-state index >= 15 is 0 Å². The maximum absolute atomic E-state index is 11.5. The van der Waals surface area contributed by atoms with Crippen LogP contribution < -0.4 is 10.6 Å². The summed E-state index contributed by atoms with van der Waals surface area (Å²) in [6.45, 7) is 5.87. The van der Waals surface area contributed by atoms with Gasteiger partial charge in [-0.05, 0) is 38.0 Å². The molecule has 2 amide bonds. The third kappa shape index (κ3) is 4.24. The second kappa shape index (κ2) is 5.89. The van der Waals surface area contributed by atoms with Crippen molar-refractivity contribution in [2.45, 2.75) is 52.1 Å². The standard InChI is InChI=1S/C12H22N2O3/c1-7-4-5-10(6-8(7)2)14-12(17)13-9(3)11(15)16/h7-10H,4-6H2,1-3H3,(H,15,16)(H2,13,14,17)/t7?,8?,9-,10?/m1/s1. The first-order valence-electron chi connectivity index (χ1n) is 6.20. The number of amides is 2. The van der Waals surface area contributed by atoms with Crippen LogP contribution in [-0.2, 0) is 4.79 Å². The molecule has 1 rings (SSSR count). The Bertz CT molecular complexity index is 293. The molecule has 1 saturated carbocycles. The van der Waals surface area contributed by atoms with E-state index in [-0.39, 0.29) is 12.1 Å². The highest BCUT2D eigenvalue weighted by Gasteiger charge is 2.26. The zero-order valence-electron chi connectivity index (χ0n) is 10.7. The largest absolute Gasteiger partial charge is 0.480 e. The summed E-state index contributed by atoms with van der Waals surface area (Å²) in [5.41, 5.74) is 0. The highest BCUT2D eigenvalue weighted by Crippen LogP contribution is 2.29. The van der Waals surface area contributed by atoms with E-state index in [0.717, 1.165) is 19.3 Å². The zero-order chi connectivity index (χ0) is 13.0. The van der Waals surface area contributed by atoms with Crippen molar-refractivity contribution >= 4 is 12.0 Å². The fourth-order valence-corrected chi connectivity index (χ4v) is 2.16. The number of hydrogen-bond acceptors (Lipinski definition) is 2. The van der Waals surface area contributed by atoms with Gasteiger partial charge in [-0.25, -0.2) is 4.79 Å². The lowest BCUT2D eigenvalue weighted by Gasteiger charge is -2.32. The topological polar surface area (TPSA) is 78.4 Å². The van der Waals surface area contributed by atoms with E-state index in [4.69, 9.17) is 5.11 Å². The van der Waals surface area contributed by atoms with E-state index in [1.54, 1.807) is 0 Å². The van der Waals surface area contributed by atoms with Gasteiger partial charge in [-0.15, -0.1) is 0 Å². The summed E-state index contributed by atoms with van der Waals surface area (Å²) in [6, 6.07) is -1.07. The molecule has 1 aliphatic rings. The Morgan fingerprint density at radius 1 is 1.24 bits per heavy atom. The lowest BCUT2D eigenvalue weighted by atomic mass is 9.79. The number of aliphatic carboxylic acids is 1. The van der Waals surface area contributed by atoms with Crippen LogP contribution >= 0.6 is 0 Å². The maximum atomic E-state index is 11.5. The van der Waals surface area contributed by atoms with Gasteiger partial charge in [0.25, 0.3) is 0 Å². The predicted octanol–water partition coefficient (Wildman–Crippen LogP) is 1.58. The quantitative estimate of drug-likeness (QED) is 0.703. The van der Waals surface area contributed by atoms with Crippen LogP contribution in [0, 0.1) is 11.8 Å². The van der Waals surface area contributed by atoms with Crippen molar-refractivity contribution in [3.05, 3.63) is 0 Å². The fourth-order valence-electron chi connectivity index (χ4n) is 2.16. The maximum Gasteiger partial charge on any atom is 0.325 e. The molecular weight excluding hydrogens is 220 g/mol. The Morgan fingerprint density at radius 3 is 2.41 bits per heavy atom. The summed E-state index contributed by atoms with van der Waals surface area (Å²) in [5.74, 6) is 0.283. The van der Waals surface area contributed by atoms with Gasteiger partial charge < -0.3 is 15.7 Å². The predicted molar refractivity (Wildman–Crippen MR) is 64.7 cm³/mol. The molecule has 1 fully saturated rings. The van der Waals surface area contributed by atoms with Crippen molar-refractivity contribution < 1.29 is 14.7 Å². The van der Waals surface area contributed by atoms with E-state index in [9.17, 15) is 9.59 Å². The van der Waals surface area contributed by atoms with Crippen LogP contribution in [0.3, 0.4) is 0 Å². The van der Waals surface area contributed by atoms with E-state index in [1.807, 2.05) is 0 Å². The monoisotopic (exact) mass is 242 g/mol. The Balaban J connectivity index is 2.34. The first-order valence-corrected chi connectivity index (χ1v) is 6.20. The first kappa shape index (κ1) is 13.8. The van der Waals surface area contributed by atoms with Crippen molar-refractivity contribution in [1.29, 1.82) is 0 Å². The van der Waals surface area contributed by atoms with Crippen molar-refractivity contribution in [1.82, 2.24) is 10.6 Å². The smallest absolute Gasteiger partial charge is 0.325 e. The van der Waals surface area contributed by atoms with Gasteiger partial charge in [0.1, 0.15) is 6.04 Å². The summed E-state index contributed by atoms with van der Waals surface area (Å²) in [7, 11) is 0. The molecule has 0 saturated heterocycles. The molecule has 0 aromatic carbocycles. The van der Waals surface area contributed by atoms with Crippen LogP contribution in [0.25, 0.3) is 0 Å². The van der Waals surface area contributed by atoms with Crippen molar-refractivity contribution in [2.24, 2.45) is 11.8 Å². The van der Waals surface area contributed by atoms with Crippen LogP contribution in [-0.4, -0.2) is 29.2 Å². The fraction of sp³-hybridized carbons (Fsp3) is 0.833. The Morgan fingerprint density at radius 2 is 1.88 bits per heavy atom. The van der Waals surface area contributed by atoms with Crippen LogP contribution in [0.5, 0.6) is 0 Å². The van der Waals surface area contributed by atoms with E-state index in [1.165, 1.54) is 6.92 Å². The molecule has 0 aromatic heterocycles. The van der Waals surface area contributed by atoms with Gasteiger partial charge in [0.2, 0.25) is 0 Å². The summed E-state index contributed by atoms with van der Waals surface area (Å²) >= 11 is 0. The zero-order valence-corrected chi connectivity index (χ0v) is 10.7. The number of carboxylic acids is 1. The normalized spacial score (nSPS) is 30.4. The van der Waals surface area contributed by atoms with Gasteiger partial charge in [-0.2, -0.15) is 0 Å². The van der Waals surface area contributed by atoms with Crippen molar-refractivity contribution in [3.8, 4) is 0 Å². The molecule has 5 nitrogen and oxygen atoms in total. The van der Waals surface area contributed by atoms with Gasteiger partial charge >= 0.3 is 12.0 Å². The number of rotatable bonds is 3. The van der Waals surface area contributed by atoms with Gasteiger partial charge in [-0.3, -0.25) is 4.79 Å². The molecule has 0 bridgehead atoms. The number of nitrogens with one attached hydrogen (secondary N) is 2. The molecule has 0 aromatic rings. The summed E-state index contributed by atoms with van der Waals surface area (Å²) in [4.78, 5) is 22.1. The SMILES string of the molecule is CC1CCC(NC(=O)N[C@H](C)C(=O)O)CC1C. The van der Waals surface area contributed by atoms with E-state index < -0.39 is 12.0 Å². The molecular formula is C12H22N2O3. The van der Waals surface area contributed by atoms with E-state index in [2.05, 4.69) is 24.5 Å². The highest BCUT2D eigenvalue weighted by molar-refractivity contribution is 5.82. The minimum atomic E-state index is -1.02. The summed E-state index contributed by atoms with van der Waals surface area (Å²) in [5, 5.41) is 13.9. The number of carboxylic acid groups (broad SMARTS) is 1. The van der Waals surface area contributed by atoms with Gasteiger partial charge in [-0.1, -0.05) is 13.8 Å². The Labute approximate surface area is 102 Å². The van der Waals surface area contributed by atoms with Gasteiger partial charge in [0, 0.05) is 6.04 Å². The van der Waals surface area contributed by atoms with Gasteiger partial charge in [0.15, 0.2) is 0 Å². The minimum absolute atomic E-state index is 0.169. The van der Waals surface area contributed by atoms with Crippen LogP contribution in [0.15, 0.2) is 0 Å². The molecule has 0 aliphatic heterocycles. The number of hydrogen-bond donors (Lipinski definition) is 3. The Hall–Kier alpha value is -1.26. The van der Waals surface area contributed by atoms with E-state index in [0.29, 0.717) is 11.8 Å². The molecule has 3 unspecified atom stereocenters. The van der Waals surface area contributed by atoms with Crippen LogP contribution in [0.1, 0.15) is 40.0 Å². The molecule has 3 N–H and O–H groups in total. The average molecular weight is 242 g/mol. The molecule has 5 heteroatoms. The molecule has 0 spiro atoms. The van der Waals surface area contributed by atoms with Crippen LogP contribution in [0.2, 0.25) is 0 Å². The number of carbonyl (C=O) groups excluding carboxylic acids is 1. The Kier molecular flexibility index (Phi) is 4.78. The molecule has 0 heterocycles. The van der Waals surface area contributed by atoms with Crippen molar-refractivity contribution in [3.63, 3.8) is 0 Å². The second-order valence-electron chi connectivity index (χ2n) is 5.14. The molecule has 0 radical (unpaired) electrons.